The molecule has 2 heterocycles. The van der Waals surface area contributed by atoms with E-state index in [-0.39, 0.29) is 11.8 Å². The van der Waals surface area contributed by atoms with Gasteiger partial charge in [0, 0.05) is 22.7 Å². The molecule has 26 heavy (non-hydrogen) atoms. The summed E-state index contributed by atoms with van der Waals surface area (Å²) in [6.07, 6.45) is 2.88. The van der Waals surface area contributed by atoms with Crippen LogP contribution in [0, 0.1) is 5.92 Å². The Morgan fingerprint density at radius 3 is 2.73 bits per heavy atom. The van der Waals surface area contributed by atoms with Crippen LogP contribution in [0.15, 0.2) is 33.1 Å². The summed E-state index contributed by atoms with van der Waals surface area (Å²) in [6, 6.07) is 8.44. The minimum Gasteiger partial charge on any atom is -0.300 e. The first-order valence-corrected chi connectivity index (χ1v) is 11.5. The zero-order chi connectivity index (χ0) is 18.4. The monoisotopic (exact) mass is 454 g/mol. The smallest absolute Gasteiger partial charge is 0.229 e. The molecule has 1 aromatic carbocycles. The summed E-state index contributed by atoms with van der Waals surface area (Å²) < 4.78 is 2.02. The summed E-state index contributed by atoms with van der Waals surface area (Å²) in [5.74, 6) is 1.17. The Labute approximate surface area is 171 Å². The van der Waals surface area contributed by atoms with Crippen LogP contribution < -0.4 is 5.32 Å². The predicted molar refractivity (Wildman–Crippen MR) is 112 cm³/mol. The second-order valence-electron chi connectivity index (χ2n) is 6.39. The standard InChI is InChI=1S/C18H23BrN4OS2/c1-2-11-25-18-22-21-17(26-18)20-16(24)14-7-9-23(10-8-14)12-13-3-5-15(19)6-4-13/h3-6,14H,2,7-12H2,1H3,(H,20,21,24). The van der Waals surface area contributed by atoms with E-state index in [4.69, 9.17) is 0 Å². The number of nitrogens with zero attached hydrogens (tertiary/aromatic N) is 3. The summed E-state index contributed by atoms with van der Waals surface area (Å²) >= 11 is 6.62. The lowest BCUT2D eigenvalue weighted by molar-refractivity contribution is -0.121. The van der Waals surface area contributed by atoms with Gasteiger partial charge in [-0.2, -0.15) is 0 Å². The molecule has 8 heteroatoms. The largest absolute Gasteiger partial charge is 0.300 e. The Kier molecular flexibility index (Phi) is 7.48. The number of carbonyl (C=O) groups excluding carboxylic acids is 1. The third-order valence-electron chi connectivity index (χ3n) is 4.34. The molecule has 1 fully saturated rings. The Morgan fingerprint density at radius 1 is 1.31 bits per heavy atom. The quantitative estimate of drug-likeness (QED) is 0.487. The number of carbonyl (C=O) groups is 1. The maximum absolute atomic E-state index is 12.5. The first kappa shape index (κ1) is 19.8. The fourth-order valence-corrected chi connectivity index (χ4v) is 4.86. The van der Waals surface area contributed by atoms with Crippen molar-refractivity contribution in [2.24, 2.45) is 5.92 Å². The van der Waals surface area contributed by atoms with Gasteiger partial charge in [-0.25, -0.2) is 0 Å². The van der Waals surface area contributed by atoms with Crippen LogP contribution in [-0.2, 0) is 11.3 Å². The van der Waals surface area contributed by atoms with E-state index in [9.17, 15) is 4.79 Å². The number of rotatable bonds is 7. The predicted octanol–water partition coefficient (Wildman–Crippen LogP) is 4.65. The summed E-state index contributed by atoms with van der Waals surface area (Å²) in [5.41, 5.74) is 1.31. The third kappa shape index (κ3) is 5.77. The summed E-state index contributed by atoms with van der Waals surface area (Å²) in [6.45, 7) is 4.97. The number of hydrogen-bond donors (Lipinski definition) is 1. The van der Waals surface area contributed by atoms with Crippen molar-refractivity contribution in [1.82, 2.24) is 15.1 Å². The van der Waals surface area contributed by atoms with E-state index in [1.165, 1.54) is 16.9 Å². The van der Waals surface area contributed by atoms with E-state index in [1.54, 1.807) is 11.8 Å². The average molecular weight is 455 g/mol. The molecular weight excluding hydrogens is 432 g/mol. The SMILES string of the molecule is CCCSc1nnc(NC(=O)C2CCN(Cc3ccc(Br)cc3)CC2)s1. The molecule has 0 bridgehead atoms. The van der Waals surface area contributed by atoms with Crippen LogP contribution in [0.5, 0.6) is 0 Å². The number of benzene rings is 1. The maximum Gasteiger partial charge on any atom is 0.229 e. The lowest BCUT2D eigenvalue weighted by atomic mass is 9.95. The van der Waals surface area contributed by atoms with E-state index >= 15 is 0 Å². The number of anilines is 1. The Bertz CT molecular complexity index is 714. The van der Waals surface area contributed by atoms with Crippen LogP contribution in [0.2, 0.25) is 0 Å². The second-order valence-corrected chi connectivity index (χ2v) is 9.62. The van der Waals surface area contributed by atoms with Crippen LogP contribution in [0.1, 0.15) is 31.7 Å². The van der Waals surface area contributed by atoms with Gasteiger partial charge >= 0.3 is 0 Å². The van der Waals surface area contributed by atoms with Crippen molar-refractivity contribution < 1.29 is 4.79 Å². The molecule has 2 aromatic rings. The average Bonchev–Trinajstić information content (AvgIpc) is 3.10. The number of likely N-dealkylation sites (tertiary alicyclic amines) is 1. The van der Waals surface area contributed by atoms with Crippen molar-refractivity contribution in [3.05, 3.63) is 34.3 Å². The van der Waals surface area contributed by atoms with Crippen molar-refractivity contribution in [2.45, 2.75) is 37.1 Å². The van der Waals surface area contributed by atoms with E-state index in [1.807, 2.05) is 0 Å². The van der Waals surface area contributed by atoms with Crippen LogP contribution in [-0.4, -0.2) is 39.8 Å². The topological polar surface area (TPSA) is 58.1 Å². The van der Waals surface area contributed by atoms with Crippen LogP contribution in [0.4, 0.5) is 5.13 Å². The molecule has 1 amide bonds. The highest BCUT2D eigenvalue weighted by atomic mass is 79.9. The first-order chi connectivity index (χ1) is 12.6. The molecule has 0 atom stereocenters. The Balaban J connectivity index is 1.44. The molecule has 0 unspecified atom stereocenters. The Morgan fingerprint density at radius 2 is 2.04 bits per heavy atom. The van der Waals surface area contributed by atoms with Gasteiger partial charge in [-0.3, -0.25) is 9.69 Å². The van der Waals surface area contributed by atoms with Crippen molar-refractivity contribution in [3.8, 4) is 0 Å². The van der Waals surface area contributed by atoms with Crippen LogP contribution in [0.3, 0.4) is 0 Å². The Hall–Kier alpha value is -0.960. The molecule has 1 N–H and O–H groups in total. The molecule has 140 valence electrons. The number of piperidine rings is 1. The molecule has 1 aliphatic rings. The first-order valence-electron chi connectivity index (χ1n) is 8.88. The van der Waals surface area contributed by atoms with Gasteiger partial charge in [0.25, 0.3) is 0 Å². The highest BCUT2D eigenvalue weighted by Crippen LogP contribution is 2.27. The normalized spacial score (nSPS) is 15.9. The van der Waals surface area contributed by atoms with Crippen molar-refractivity contribution in [2.75, 3.05) is 24.2 Å². The van der Waals surface area contributed by atoms with Gasteiger partial charge in [0.05, 0.1) is 0 Å². The number of aromatic nitrogens is 2. The van der Waals surface area contributed by atoms with Crippen LogP contribution in [0.25, 0.3) is 0 Å². The van der Waals surface area contributed by atoms with Gasteiger partial charge in [-0.15, -0.1) is 10.2 Å². The van der Waals surface area contributed by atoms with E-state index in [0.29, 0.717) is 5.13 Å². The van der Waals surface area contributed by atoms with Gasteiger partial charge in [-0.05, 0) is 50.0 Å². The molecule has 0 radical (unpaired) electrons. The molecule has 1 saturated heterocycles. The van der Waals surface area contributed by atoms with E-state index in [0.717, 1.165) is 53.5 Å². The van der Waals surface area contributed by atoms with Gasteiger partial charge in [0.1, 0.15) is 0 Å². The van der Waals surface area contributed by atoms with Gasteiger partial charge in [-0.1, -0.05) is 58.1 Å². The zero-order valence-electron chi connectivity index (χ0n) is 14.8. The van der Waals surface area contributed by atoms with Crippen LogP contribution >= 0.6 is 39.0 Å². The molecule has 1 aromatic heterocycles. The molecule has 5 nitrogen and oxygen atoms in total. The van der Waals surface area contributed by atoms with E-state index < -0.39 is 0 Å². The third-order valence-corrected chi connectivity index (χ3v) is 7.05. The number of nitrogens with one attached hydrogen (secondary N) is 1. The highest BCUT2D eigenvalue weighted by Gasteiger charge is 2.25. The maximum atomic E-state index is 12.5. The number of hydrogen-bond acceptors (Lipinski definition) is 6. The lowest BCUT2D eigenvalue weighted by Crippen LogP contribution is -2.37. The zero-order valence-corrected chi connectivity index (χ0v) is 18.0. The van der Waals surface area contributed by atoms with Gasteiger partial charge in [0.15, 0.2) is 4.34 Å². The fraction of sp³-hybridized carbons (Fsp3) is 0.500. The number of amides is 1. The molecule has 0 spiro atoms. The number of halogens is 1. The van der Waals surface area contributed by atoms with E-state index in [2.05, 4.69) is 67.5 Å². The minimum atomic E-state index is 0.0619. The molecular formula is C18H23BrN4OS2. The van der Waals surface area contributed by atoms with Gasteiger partial charge in [0.2, 0.25) is 11.0 Å². The minimum absolute atomic E-state index is 0.0619. The second kappa shape index (κ2) is 9.82. The van der Waals surface area contributed by atoms with Gasteiger partial charge < -0.3 is 5.32 Å². The van der Waals surface area contributed by atoms with Crippen molar-refractivity contribution in [3.63, 3.8) is 0 Å². The van der Waals surface area contributed by atoms with Crippen molar-refractivity contribution >= 4 is 50.1 Å². The molecule has 0 saturated carbocycles. The molecule has 1 aliphatic heterocycles. The summed E-state index contributed by atoms with van der Waals surface area (Å²) in [7, 11) is 0. The highest BCUT2D eigenvalue weighted by molar-refractivity contribution is 9.10. The fourth-order valence-electron chi connectivity index (χ4n) is 2.92. The molecule has 3 rings (SSSR count). The lowest BCUT2D eigenvalue weighted by Gasteiger charge is -2.31. The summed E-state index contributed by atoms with van der Waals surface area (Å²) in [5, 5.41) is 11.8. The summed E-state index contributed by atoms with van der Waals surface area (Å²) in [4.78, 5) is 14.9. The van der Waals surface area contributed by atoms with Crippen molar-refractivity contribution in [1.29, 1.82) is 0 Å². The molecule has 0 aliphatic carbocycles. The number of thioether (sulfide) groups is 1.